The van der Waals surface area contributed by atoms with Gasteiger partial charge < -0.3 is 5.32 Å². The van der Waals surface area contributed by atoms with Crippen LogP contribution in [0.4, 0.5) is 4.39 Å². The molecule has 106 valence electrons. The highest BCUT2D eigenvalue weighted by atomic mass is 19.1. The zero-order valence-corrected chi connectivity index (χ0v) is 11.9. The Morgan fingerprint density at radius 2 is 2.32 bits per heavy atom. The molecule has 2 rings (SSSR count). The van der Waals surface area contributed by atoms with Gasteiger partial charge in [0.15, 0.2) is 0 Å². The third-order valence-electron chi connectivity index (χ3n) is 3.99. The molecule has 3 nitrogen and oxygen atoms in total. The van der Waals surface area contributed by atoms with Crippen LogP contribution < -0.4 is 5.32 Å². The number of halogens is 1. The molecule has 1 saturated heterocycles. The minimum atomic E-state index is -0.260. The quantitative estimate of drug-likeness (QED) is 0.887. The second kappa shape index (κ2) is 6.96. The fourth-order valence-electron chi connectivity index (χ4n) is 3.09. The third-order valence-corrected chi connectivity index (χ3v) is 3.99. The molecule has 0 amide bonds. The van der Waals surface area contributed by atoms with E-state index >= 15 is 0 Å². The largest absolute Gasteiger partial charge is 0.318 e. The van der Waals surface area contributed by atoms with Gasteiger partial charge in [0, 0.05) is 12.6 Å². The van der Waals surface area contributed by atoms with Gasteiger partial charge in [-0.15, -0.1) is 0 Å². The molecule has 1 aliphatic heterocycles. The molecule has 0 aromatic carbocycles. The van der Waals surface area contributed by atoms with Crippen LogP contribution in [0, 0.1) is 5.82 Å². The summed E-state index contributed by atoms with van der Waals surface area (Å²) in [6.07, 6.45) is 6.13. The monoisotopic (exact) mass is 265 g/mol. The molecule has 4 heteroatoms. The molecular weight excluding hydrogens is 241 g/mol. The fraction of sp³-hybridized carbons (Fsp3) is 0.667. The molecule has 2 unspecified atom stereocenters. The van der Waals surface area contributed by atoms with E-state index in [4.69, 9.17) is 0 Å². The average molecular weight is 265 g/mol. The van der Waals surface area contributed by atoms with Crippen molar-refractivity contribution in [2.45, 2.75) is 44.7 Å². The maximum atomic E-state index is 13.0. The van der Waals surface area contributed by atoms with Crippen molar-refractivity contribution in [3.05, 3.63) is 29.8 Å². The minimum Gasteiger partial charge on any atom is -0.318 e. The first-order valence-corrected chi connectivity index (χ1v) is 7.28. The molecule has 1 fully saturated rings. The highest BCUT2D eigenvalue weighted by Gasteiger charge is 2.29. The Hall–Kier alpha value is -1.00. The zero-order chi connectivity index (χ0) is 13.7. The maximum absolute atomic E-state index is 13.0. The summed E-state index contributed by atoms with van der Waals surface area (Å²) in [4.78, 5) is 6.82. The predicted molar refractivity (Wildman–Crippen MR) is 75.5 cm³/mol. The van der Waals surface area contributed by atoms with Gasteiger partial charge in [0.05, 0.1) is 17.9 Å². The van der Waals surface area contributed by atoms with E-state index in [-0.39, 0.29) is 5.82 Å². The molecule has 1 aliphatic rings. The lowest BCUT2D eigenvalue weighted by atomic mass is 9.97. The third kappa shape index (κ3) is 3.51. The van der Waals surface area contributed by atoms with E-state index in [1.54, 1.807) is 0 Å². The Labute approximate surface area is 115 Å². The molecule has 0 radical (unpaired) electrons. The number of nitrogens with zero attached hydrogens (tertiary/aromatic N) is 2. The highest BCUT2D eigenvalue weighted by Crippen LogP contribution is 2.29. The van der Waals surface area contributed by atoms with Crippen LogP contribution >= 0.6 is 0 Å². The number of piperidine rings is 1. The SMILES string of the molecule is CCC(c1ccc(F)cn1)N1CCCCC1CNC. The molecule has 0 bridgehead atoms. The van der Waals surface area contributed by atoms with Crippen LogP contribution in [0.5, 0.6) is 0 Å². The van der Waals surface area contributed by atoms with Gasteiger partial charge in [-0.3, -0.25) is 9.88 Å². The first kappa shape index (κ1) is 14.4. The van der Waals surface area contributed by atoms with E-state index in [2.05, 4.69) is 22.1 Å². The van der Waals surface area contributed by atoms with Gasteiger partial charge >= 0.3 is 0 Å². The molecule has 1 aromatic heterocycles. The topological polar surface area (TPSA) is 28.2 Å². The summed E-state index contributed by atoms with van der Waals surface area (Å²) in [5.41, 5.74) is 0.993. The van der Waals surface area contributed by atoms with Crippen LogP contribution in [0.3, 0.4) is 0 Å². The first-order chi connectivity index (χ1) is 9.26. The van der Waals surface area contributed by atoms with Gasteiger partial charge in [0.1, 0.15) is 5.82 Å². The van der Waals surface area contributed by atoms with Gasteiger partial charge in [-0.1, -0.05) is 13.3 Å². The standard InChI is InChI=1S/C15H24FN3/c1-3-15(14-8-7-12(16)10-18-14)19-9-5-4-6-13(19)11-17-2/h7-8,10,13,15,17H,3-6,9,11H2,1-2H3. The van der Waals surface area contributed by atoms with Crippen LogP contribution in [0.1, 0.15) is 44.3 Å². The van der Waals surface area contributed by atoms with Crippen molar-refractivity contribution in [1.29, 1.82) is 0 Å². The summed E-state index contributed by atoms with van der Waals surface area (Å²) in [5.74, 6) is -0.260. The van der Waals surface area contributed by atoms with E-state index in [9.17, 15) is 4.39 Å². The summed E-state index contributed by atoms with van der Waals surface area (Å²) in [6.45, 7) is 4.31. The Balaban J connectivity index is 2.16. The van der Waals surface area contributed by atoms with Crippen molar-refractivity contribution in [2.75, 3.05) is 20.1 Å². The van der Waals surface area contributed by atoms with Gasteiger partial charge in [0.25, 0.3) is 0 Å². The van der Waals surface area contributed by atoms with Crippen molar-refractivity contribution >= 4 is 0 Å². The number of aromatic nitrogens is 1. The lowest BCUT2D eigenvalue weighted by molar-refractivity contribution is 0.0895. The molecular formula is C15H24FN3. The second-order valence-electron chi connectivity index (χ2n) is 5.27. The molecule has 0 spiro atoms. The molecule has 2 heterocycles. The van der Waals surface area contributed by atoms with E-state index in [0.29, 0.717) is 12.1 Å². The van der Waals surface area contributed by atoms with E-state index in [1.807, 2.05) is 13.1 Å². The minimum absolute atomic E-state index is 0.260. The van der Waals surface area contributed by atoms with Crippen molar-refractivity contribution in [3.63, 3.8) is 0 Å². The normalized spacial score (nSPS) is 22.4. The van der Waals surface area contributed by atoms with Crippen molar-refractivity contribution < 1.29 is 4.39 Å². The molecule has 0 saturated carbocycles. The van der Waals surface area contributed by atoms with Crippen molar-refractivity contribution in [2.24, 2.45) is 0 Å². The molecule has 0 aliphatic carbocycles. The summed E-state index contributed by atoms with van der Waals surface area (Å²) < 4.78 is 13.0. The van der Waals surface area contributed by atoms with Gasteiger partial charge in [0.2, 0.25) is 0 Å². The number of nitrogens with one attached hydrogen (secondary N) is 1. The van der Waals surface area contributed by atoms with Gasteiger partial charge in [-0.05, 0) is 45.0 Å². The predicted octanol–water partition coefficient (Wildman–Crippen LogP) is 2.75. The van der Waals surface area contributed by atoms with Crippen LogP contribution in [0.25, 0.3) is 0 Å². The van der Waals surface area contributed by atoms with Crippen LogP contribution in [-0.2, 0) is 0 Å². The maximum Gasteiger partial charge on any atom is 0.141 e. The summed E-state index contributed by atoms with van der Waals surface area (Å²) >= 11 is 0. The number of hydrogen-bond donors (Lipinski definition) is 1. The number of likely N-dealkylation sites (N-methyl/N-ethyl adjacent to an activating group) is 1. The van der Waals surface area contributed by atoms with Crippen molar-refractivity contribution in [1.82, 2.24) is 15.2 Å². The molecule has 1 aromatic rings. The number of rotatable bonds is 5. The van der Waals surface area contributed by atoms with Crippen LogP contribution in [0.2, 0.25) is 0 Å². The number of hydrogen-bond acceptors (Lipinski definition) is 3. The smallest absolute Gasteiger partial charge is 0.141 e. The Morgan fingerprint density at radius 1 is 1.47 bits per heavy atom. The number of pyridine rings is 1. The summed E-state index contributed by atoms with van der Waals surface area (Å²) in [6, 6.07) is 4.21. The van der Waals surface area contributed by atoms with Gasteiger partial charge in [-0.25, -0.2) is 4.39 Å². The molecule has 2 atom stereocenters. The fourth-order valence-corrected chi connectivity index (χ4v) is 3.09. The number of likely N-dealkylation sites (tertiary alicyclic amines) is 1. The second-order valence-corrected chi connectivity index (χ2v) is 5.27. The highest BCUT2D eigenvalue weighted by molar-refractivity contribution is 5.11. The van der Waals surface area contributed by atoms with E-state index in [1.165, 1.54) is 31.5 Å². The lowest BCUT2D eigenvalue weighted by Crippen LogP contribution is -2.46. The van der Waals surface area contributed by atoms with Gasteiger partial charge in [-0.2, -0.15) is 0 Å². The Bertz CT molecular complexity index is 377. The first-order valence-electron chi connectivity index (χ1n) is 7.28. The van der Waals surface area contributed by atoms with Crippen molar-refractivity contribution in [3.8, 4) is 0 Å². The average Bonchev–Trinajstić information content (AvgIpc) is 2.44. The van der Waals surface area contributed by atoms with E-state index < -0.39 is 0 Å². The lowest BCUT2D eigenvalue weighted by Gasteiger charge is -2.40. The molecule has 1 N–H and O–H groups in total. The van der Waals surface area contributed by atoms with E-state index in [0.717, 1.165) is 25.2 Å². The van der Waals surface area contributed by atoms with Crippen LogP contribution in [-0.4, -0.2) is 36.1 Å². The Kier molecular flexibility index (Phi) is 5.28. The zero-order valence-electron chi connectivity index (χ0n) is 11.9. The van der Waals surface area contributed by atoms with Crippen LogP contribution in [0.15, 0.2) is 18.3 Å². The summed E-state index contributed by atoms with van der Waals surface area (Å²) in [5, 5.41) is 3.28. The summed E-state index contributed by atoms with van der Waals surface area (Å²) in [7, 11) is 2.00. The molecule has 19 heavy (non-hydrogen) atoms. The Morgan fingerprint density at radius 3 is 2.95 bits per heavy atom.